The standard InChI is InChI=1S/C24H29F3N2O2/c1-28(2)21-10-8-18(9-11-21)22(30)7-4-14-29-15-12-23(31,13-16-29)19-5-3-6-20(17-19)24(25,26)27/h3,5-6,8-11,17,31H,4,7,12-16H2,1-2H3. The third kappa shape index (κ3) is 5.86. The minimum atomic E-state index is -4.42. The molecule has 2 aromatic rings. The third-order valence-corrected chi connectivity index (χ3v) is 5.99. The van der Waals surface area contributed by atoms with Gasteiger partial charge in [-0.1, -0.05) is 12.1 Å². The van der Waals surface area contributed by atoms with Crippen LogP contribution < -0.4 is 4.90 Å². The lowest BCUT2D eigenvalue weighted by Gasteiger charge is -2.38. The van der Waals surface area contributed by atoms with E-state index in [9.17, 15) is 23.1 Å². The molecule has 0 aliphatic carbocycles. The van der Waals surface area contributed by atoms with Crippen molar-refractivity contribution >= 4 is 11.5 Å². The van der Waals surface area contributed by atoms with Crippen LogP contribution >= 0.6 is 0 Å². The normalized spacial score (nSPS) is 16.8. The zero-order valence-electron chi connectivity index (χ0n) is 18.0. The number of ketones is 1. The second kappa shape index (κ2) is 9.40. The Kier molecular flexibility index (Phi) is 7.06. The Labute approximate surface area is 181 Å². The SMILES string of the molecule is CN(C)c1ccc(C(=O)CCCN2CCC(O)(c3cccc(C(F)(F)F)c3)CC2)cc1. The van der Waals surface area contributed by atoms with E-state index in [1.165, 1.54) is 6.07 Å². The Hall–Kier alpha value is -2.38. The Morgan fingerprint density at radius 1 is 1.10 bits per heavy atom. The molecule has 0 atom stereocenters. The Balaban J connectivity index is 1.48. The van der Waals surface area contributed by atoms with E-state index in [4.69, 9.17) is 0 Å². The molecular formula is C24H29F3N2O2. The van der Waals surface area contributed by atoms with Crippen molar-refractivity contribution < 1.29 is 23.1 Å². The molecular weight excluding hydrogens is 405 g/mol. The number of hydrogen-bond acceptors (Lipinski definition) is 4. The first-order valence-corrected chi connectivity index (χ1v) is 10.5. The highest BCUT2D eigenvalue weighted by atomic mass is 19.4. The summed E-state index contributed by atoms with van der Waals surface area (Å²) >= 11 is 0. The van der Waals surface area contributed by atoms with Crippen LogP contribution in [0.4, 0.5) is 18.9 Å². The van der Waals surface area contributed by atoms with Gasteiger partial charge in [0.15, 0.2) is 5.78 Å². The van der Waals surface area contributed by atoms with Gasteiger partial charge in [-0.2, -0.15) is 13.2 Å². The van der Waals surface area contributed by atoms with Crippen molar-refractivity contribution in [3.8, 4) is 0 Å². The monoisotopic (exact) mass is 434 g/mol. The highest BCUT2D eigenvalue weighted by Gasteiger charge is 2.36. The maximum atomic E-state index is 13.0. The first-order chi connectivity index (χ1) is 14.6. The summed E-state index contributed by atoms with van der Waals surface area (Å²) in [7, 11) is 3.90. The average Bonchev–Trinajstić information content (AvgIpc) is 2.74. The van der Waals surface area contributed by atoms with E-state index >= 15 is 0 Å². The van der Waals surface area contributed by atoms with Crippen LogP contribution in [-0.2, 0) is 11.8 Å². The van der Waals surface area contributed by atoms with Crippen molar-refractivity contribution in [2.75, 3.05) is 38.6 Å². The van der Waals surface area contributed by atoms with Crippen molar-refractivity contribution in [2.45, 2.75) is 37.5 Å². The molecule has 1 fully saturated rings. The van der Waals surface area contributed by atoms with Gasteiger partial charge in [-0.25, -0.2) is 0 Å². The highest BCUT2D eigenvalue weighted by Crippen LogP contribution is 2.36. The molecule has 0 saturated carbocycles. The maximum Gasteiger partial charge on any atom is 0.416 e. The molecule has 0 spiro atoms. The molecule has 2 aromatic carbocycles. The Morgan fingerprint density at radius 2 is 1.74 bits per heavy atom. The van der Waals surface area contributed by atoms with Crippen molar-refractivity contribution in [3.63, 3.8) is 0 Å². The number of nitrogens with zero attached hydrogens (tertiary/aromatic N) is 2. The van der Waals surface area contributed by atoms with E-state index in [1.807, 2.05) is 43.3 Å². The molecule has 7 heteroatoms. The molecule has 0 unspecified atom stereocenters. The molecule has 0 aromatic heterocycles. The summed E-state index contributed by atoms with van der Waals surface area (Å²) in [6.07, 6.45) is -2.54. The van der Waals surface area contributed by atoms with E-state index in [1.54, 1.807) is 6.07 Å². The lowest BCUT2D eigenvalue weighted by molar-refractivity contribution is -0.137. The smallest absolute Gasteiger partial charge is 0.385 e. The second-order valence-electron chi connectivity index (χ2n) is 8.42. The van der Waals surface area contributed by atoms with Gasteiger partial charge in [-0.3, -0.25) is 4.79 Å². The Morgan fingerprint density at radius 3 is 2.32 bits per heavy atom. The number of hydrogen-bond donors (Lipinski definition) is 1. The number of piperidine rings is 1. The quantitative estimate of drug-likeness (QED) is 0.641. The lowest BCUT2D eigenvalue weighted by atomic mass is 9.83. The van der Waals surface area contributed by atoms with E-state index in [-0.39, 0.29) is 5.78 Å². The Bertz CT molecular complexity index is 886. The minimum absolute atomic E-state index is 0.0998. The van der Waals surface area contributed by atoms with Gasteiger partial charge >= 0.3 is 6.18 Å². The molecule has 4 nitrogen and oxygen atoms in total. The van der Waals surface area contributed by atoms with Gasteiger partial charge in [0, 0.05) is 44.9 Å². The van der Waals surface area contributed by atoms with E-state index in [0.717, 1.165) is 24.4 Å². The summed E-state index contributed by atoms with van der Waals surface area (Å²) in [6, 6.07) is 12.5. The van der Waals surface area contributed by atoms with E-state index < -0.39 is 17.3 Å². The predicted octanol–water partition coefficient (Wildman–Crippen LogP) is 4.72. The first kappa shape index (κ1) is 23.3. The van der Waals surface area contributed by atoms with Gasteiger partial charge in [0.2, 0.25) is 0 Å². The number of aliphatic hydroxyl groups is 1. The number of benzene rings is 2. The van der Waals surface area contributed by atoms with Gasteiger partial charge < -0.3 is 14.9 Å². The molecule has 0 amide bonds. The van der Waals surface area contributed by atoms with Crippen LogP contribution in [0.3, 0.4) is 0 Å². The van der Waals surface area contributed by atoms with E-state index in [2.05, 4.69) is 4.90 Å². The number of carbonyl (C=O) groups excluding carboxylic acids is 1. The highest BCUT2D eigenvalue weighted by molar-refractivity contribution is 5.96. The van der Waals surface area contributed by atoms with Gasteiger partial charge in [0.05, 0.1) is 11.2 Å². The molecule has 3 rings (SSSR count). The number of halogens is 3. The van der Waals surface area contributed by atoms with Crippen molar-refractivity contribution in [3.05, 3.63) is 65.2 Å². The largest absolute Gasteiger partial charge is 0.416 e. The van der Waals surface area contributed by atoms with Crippen LogP contribution in [0, 0.1) is 0 Å². The van der Waals surface area contributed by atoms with Gasteiger partial charge in [0.25, 0.3) is 0 Å². The summed E-state index contributed by atoms with van der Waals surface area (Å²) in [5.41, 5.74) is 0.0690. The average molecular weight is 435 g/mol. The number of likely N-dealkylation sites (tertiary alicyclic amines) is 1. The van der Waals surface area contributed by atoms with Gasteiger partial charge in [-0.15, -0.1) is 0 Å². The molecule has 0 radical (unpaired) electrons. The van der Waals surface area contributed by atoms with Crippen LogP contribution in [0.15, 0.2) is 48.5 Å². The number of Topliss-reactive ketones (excluding diaryl/α,β-unsaturated/α-hetero) is 1. The van der Waals surface area contributed by atoms with Crippen LogP contribution in [0.5, 0.6) is 0 Å². The molecule has 31 heavy (non-hydrogen) atoms. The van der Waals surface area contributed by atoms with Crippen LogP contribution in [0.1, 0.15) is 47.2 Å². The molecule has 0 bridgehead atoms. The van der Waals surface area contributed by atoms with Gasteiger partial charge in [-0.05, 0) is 67.8 Å². The predicted molar refractivity (Wildman–Crippen MR) is 115 cm³/mol. The summed E-state index contributed by atoms with van der Waals surface area (Å²) in [5.74, 6) is 0.0998. The fourth-order valence-corrected chi connectivity index (χ4v) is 3.97. The van der Waals surface area contributed by atoms with Crippen molar-refractivity contribution in [1.29, 1.82) is 0 Å². The summed E-state index contributed by atoms with van der Waals surface area (Å²) in [5, 5.41) is 10.9. The number of carbonyl (C=O) groups is 1. The zero-order valence-corrected chi connectivity index (χ0v) is 18.0. The third-order valence-electron chi connectivity index (χ3n) is 5.99. The van der Waals surface area contributed by atoms with Crippen molar-refractivity contribution in [1.82, 2.24) is 4.90 Å². The second-order valence-corrected chi connectivity index (χ2v) is 8.42. The number of alkyl halides is 3. The summed E-state index contributed by atoms with van der Waals surface area (Å²) in [6.45, 7) is 1.89. The van der Waals surface area contributed by atoms with Gasteiger partial charge in [0.1, 0.15) is 0 Å². The van der Waals surface area contributed by atoms with Crippen LogP contribution in [0.2, 0.25) is 0 Å². The van der Waals surface area contributed by atoms with Crippen LogP contribution in [-0.4, -0.2) is 49.5 Å². The lowest BCUT2D eigenvalue weighted by Crippen LogP contribution is -2.43. The number of anilines is 1. The zero-order chi connectivity index (χ0) is 22.6. The van der Waals surface area contributed by atoms with E-state index in [0.29, 0.717) is 49.9 Å². The molecule has 1 saturated heterocycles. The molecule has 168 valence electrons. The summed E-state index contributed by atoms with van der Waals surface area (Å²) in [4.78, 5) is 16.5. The molecule has 1 heterocycles. The molecule has 1 aliphatic rings. The topological polar surface area (TPSA) is 43.8 Å². The van der Waals surface area contributed by atoms with Crippen LogP contribution in [0.25, 0.3) is 0 Å². The fourth-order valence-electron chi connectivity index (χ4n) is 3.97. The molecule has 1 aliphatic heterocycles. The summed E-state index contributed by atoms with van der Waals surface area (Å²) < 4.78 is 39.0. The first-order valence-electron chi connectivity index (χ1n) is 10.5. The van der Waals surface area contributed by atoms with Crippen molar-refractivity contribution in [2.24, 2.45) is 0 Å². The minimum Gasteiger partial charge on any atom is -0.385 e. The fraction of sp³-hybridized carbons (Fsp3) is 0.458. The maximum absolute atomic E-state index is 13.0. The number of rotatable bonds is 7. The molecule has 1 N–H and O–H groups in total.